The Morgan fingerprint density at radius 1 is 1.35 bits per heavy atom. The number of anilines is 1. The summed E-state index contributed by atoms with van der Waals surface area (Å²) in [7, 11) is 1.53. The van der Waals surface area contributed by atoms with Gasteiger partial charge in [0.25, 0.3) is 0 Å². The molecule has 2 rings (SSSR count). The van der Waals surface area contributed by atoms with Gasteiger partial charge in [0.1, 0.15) is 11.6 Å². The van der Waals surface area contributed by atoms with E-state index in [0.717, 1.165) is 15.6 Å². The third-order valence-corrected chi connectivity index (χ3v) is 4.23. The van der Waals surface area contributed by atoms with Gasteiger partial charge in [-0.05, 0) is 12.1 Å². The van der Waals surface area contributed by atoms with E-state index in [9.17, 15) is 4.39 Å². The predicted molar refractivity (Wildman–Crippen MR) is 81.1 cm³/mol. The maximum atomic E-state index is 13.1. The van der Waals surface area contributed by atoms with Gasteiger partial charge >= 0.3 is 0 Å². The van der Waals surface area contributed by atoms with Crippen molar-refractivity contribution in [1.82, 2.24) is 4.98 Å². The molecule has 0 atom stereocenters. The van der Waals surface area contributed by atoms with Gasteiger partial charge in [-0.15, -0.1) is 11.3 Å². The Labute approximate surface area is 122 Å². The summed E-state index contributed by atoms with van der Waals surface area (Å²) in [4.78, 5) is 5.58. The van der Waals surface area contributed by atoms with E-state index in [4.69, 9.17) is 4.74 Å². The average Bonchev–Trinajstić information content (AvgIpc) is 2.86. The molecule has 0 aliphatic carbocycles. The number of thiazole rings is 1. The zero-order chi connectivity index (χ0) is 14.8. The molecule has 2 aromatic rings. The first-order valence-corrected chi connectivity index (χ1v) is 7.24. The first-order chi connectivity index (χ1) is 9.40. The van der Waals surface area contributed by atoms with E-state index in [1.807, 2.05) is 6.20 Å². The van der Waals surface area contributed by atoms with Crippen LogP contribution in [0.4, 0.5) is 10.1 Å². The van der Waals surface area contributed by atoms with Crippen molar-refractivity contribution in [2.75, 3.05) is 12.4 Å². The van der Waals surface area contributed by atoms with Gasteiger partial charge in [0, 0.05) is 22.6 Å². The number of methoxy groups -OCH3 is 1. The Bertz CT molecular complexity index is 590. The lowest BCUT2D eigenvalue weighted by molar-refractivity contribution is 0.413. The van der Waals surface area contributed by atoms with Crippen molar-refractivity contribution in [3.05, 3.63) is 40.1 Å². The van der Waals surface area contributed by atoms with Crippen LogP contribution in [-0.4, -0.2) is 12.1 Å². The molecule has 1 N–H and O–H groups in total. The molecule has 0 aliphatic heterocycles. The van der Waals surface area contributed by atoms with Crippen LogP contribution in [-0.2, 0) is 12.0 Å². The van der Waals surface area contributed by atoms with Crippen LogP contribution in [0.5, 0.6) is 5.75 Å². The highest BCUT2D eigenvalue weighted by Gasteiger charge is 2.17. The molecule has 3 nitrogen and oxygen atoms in total. The van der Waals surface area contributed by atoms with Crippen molar-refractivity contribution in [1.29, 1.82) is 0 Å². The Morgan fingerprint density at radius 3 is 2.70 bits per heavy atom. The third-order valence-electron chi connectivity index (χ3n) is 2.81. The smallest absolute Gasteiger partial charge is 0.144 e. The lowest BCUT2D eigenvalue weighted by Crippen LogP contribution is -2.09. The number of benzene rings is 1. The molecule has 108 valence electrons. The number of halogens is 1. The summed E-state index contributed by atoms with van der Waals surface area (Å²) in [5.74, 6) is 0.200. The minimum atomic E-state index is -0.305. The van der Waals surface area contributed by atoms with Crippen LogP contribution < -0.4 is 10.1 Å². The number of aromatic nitrogens is 1. The maximum Gasteiger partial charge on any atom is 0.144 e. The van der Waals surface area contributed by atoms with Gasteiger partial charge in [0.15, 0.2) is 0 Å². The number of hydrogen-bond acceptors (Lipinski definition) is 4. The molecule has 0 spiro atoms. The molecular weight excluding hydrogens is 275 g/mol. The van der Waals surface area contributed by atoms with Crippen molar-refractivity contribution >= 4 is 17.0 Å². The number of rotatable bonds is 4. The Balaban J connectivity index is 2.07. The summed E-state index contributed by atoms with van der Waals surface area (Å²) in [6.45, 7) is 7.08. The van der Waals surface area contributed by atoms with Crippen LogP contribution in [0.25, 0.3) is 0 Å². The molecule has 1 aromatic heterocycles. The average molecular weight is 294 g/mol. The SMILES string of the molecule is COc1cc(F)ccc1NCc1cnc(C(C)(C)C)s1. The fourth-order valence-electron chi connectivity index (χ4n) is 1.73. The number of ether oxygens (including phenoxy) is 1. The molecule has 5 heteroatoms. The van der Waals surface area contributed by atoms with Crippen LogP contribution in [0.1, 0.15) is 30.7 Å². The van der Waals surface area contributed by atoms with E-state index in [-0.39, 0.29) is 11.2 Å². The van der Waals surface area contributed by atoms with E-state index in [0.29, 0.717) is 12.3 Å². The Morgan fingerprint density at radius 2 is 2.10 bits per heavy atom. The van der Waals surface area contributed by atoms with E-state index in [1.54, 1.807) is 17.4 Å². The van der Waals surface area contributed by atoms with Gasteiger partial charge < -0.3 is 10.1 Å². The normalized spacial score (nSPS) is 11.4. The molecule has 0 unspecified atom stereocenters. The molecule has 0 fully saturated rings. The molecular formula is C15H19FN2OS. The minimum absolute atomic E-state index is 0.0660. The van der Waals surface area contributed by atoms with Crippen LogP contribution in [0.2, 0.25) is 0 Å². The van der Waals surface area contributed by atoms with E-state index in [1.165, 1.54) is 19.2 Å². The molecule has 0 radical (unpaired) electrons. The Kier molecular flexibility index (Phi) is 4.28. The van der Waals surface area contributed by atoms with Gasteiger partial charge in [-0.2, -0.15) is 0 Å². The van der Waals surface area contributed by atoms with Crippen molar-refractivity contribution in [2.24, 2.45) is 0 Å². The molecule has 1 aromatic carbocycles. The number of nitrogens with one attached hydrogen (secondary N) is 1. The molecule has 1 heterocycles. The standard InChI is InChI=1S/C15H19FN2OS/c1-15(2,3)14-18-9-11(20-14)8-17-12-6-5-10(16)7-13(12)19-4/h5-7,9,17H,8H2,1-4H3. The summed E-state index contributed by atoms with van der Waals surface area (Å²) in [6, 6.07) is 4.47. The number of hydrogen-bond donors (Lipinski definition) is 1. The Hall–Kier alpha value is -1.62. The summed E-state index contributed by atoms with van der Waals surface area (Å²) < 4.78 is 18.3. The van der Waals surface area contributed by atoms with Crippen molar-refractivity contribution in [3.8, 4) is 5.75 Å². The zero-order valence-corrected chi connectivity index (χ0v) is 13.0. The summed E-state index contributed by atoms with van der Waals surface area (Å²) in [5.41, 5.74) is 0.843. The summed E-state index contributed by atoms with van der Waals surface area (Å²) in [6.07, 6.45) is 1.88. The van der Waals surface area contributed by atoms with Crippen molar-refractivity contribution in [3.63, 3.8) is 0 Å². The molecule has 0 aliphatic rings. The first kappa shape index (κ1) is 14.8. The zero-order valence-electron chi connectivity index (χ0n) is 12.2. The van der Waals surface area contributed by atoms with Gasteiger partial charge in [-0.25, -0.2) is 9.37 Å². The largest absolute Gasteiger partial charge is 0.494 e. The lowest BCUT2D eigenvalue weighted by atomic mass is 9.98. The topological polar surface area (TPSA) is 34.1 Å². The van der Waals surface area contributed by atoms with Crippen LogP contribution in [0.3, 0.4) is 0 Å². The summed E-state index contributed by atoms with van der Waals surface area (Å²) in [5, 5.41) is 4.36. The first-order valence-electron chi connectivity index (χ1n) is 6.43. The highest BCUT2D eigenvalue weighted by Crippen LogP contribution is 2.29. The van der Waals surface area contributed by atoms with Crippen LogP contribution >= 0.6 is 11.3 Å². The van der Waals surface area contributed by atoms with Crippen LogP contribution in [0, 0.1) is 5.82 Å². The van der Waals surface area contributed by atoms with Gasteiger partial charge in [-0.3, -0.25) is 0 Å². The fraction of sp³-hybridized carbons (Fsp3) is 0.400. The molecule has 0 bridgehead atoms. The third kappa shape index (κ3) is 3.48. The van der Waals surface area contributed by atoms with Gasteiger partial charge in [0.05, 0.1) is 24.3 Å². The second-order valence-corrected chi connectivity index (χ2v) is 6.70. The van der Waals surface area contributed by atoms with Gasteiger partial charge in [-0.1, -0.05) is 20.8 Å². The fourth-order valence-corrected chi connectivity index (χ4v) is 2.64. The molecule has 20 heavy (non-hydrogen) atoms. The van der Waals surface area contributed by atoms with E-state index in [2.05, 4.69) is 31.1 Å². The highest BCUT2D eigenvalue weighted by molar-refractivity contribution is 7.11. The van der Waals surface area contributed by atoms with E-state index < -0.39 is 0 Å². The monoisotopic (exact) mass is 294 g/mol. The molecule has 0 amide bonds. The highest BCUT2D eigenvalue weighted by atomic mass is 32.1. The minimum Gasteiger partial charge on any atom is -0.494 e. The second-order valence-electron chi connectivity index (χ2n) is 5.58. The predicted octanol–water partition coefficient (Wildman–Crippen LogP) is 4.20. The van der Waals surface area contributed by atoms with Crippen molar-refractivity contribution < 1.29 is 9.13 Å². The quantitative estimate of drug-likeness (QED) is 0.917. The summed E-state index contributed by atoms with van der Waals surface area (Å²) >= 11 is 1.69. The lowest BCUT2D eigenvalue weighted by Gasteiger charge is -2.13. The molecule has 0 saturated carbocycles. The maximum absolute atomic E-state index is 13.1. The van der Waals surface area contributed by atoms with Crippen molar-refractivity contribution in [2.45, 2.75) is 32.7 Å². The van der Waals surface area contributed by atoms with Crippen LogP contribution in [0.15, 0.2) is 24.4 Å². The molecule has 0 saturated heterocycles. The van der Waals surface area contributed by atoms with E-state index >= 15 is 0 Å². The second kappa shape index (κ2) is 5.79. The van der Waals surface area contributed by atoms with Gasteiger partial charge in [0.2, 0.25) is 0 Å². The number of nitrogens with zero attached hydrogens (tertiary/aromatic N) is 1.